The van der Waals surface area contributed by atoms with Gasteiger partial charge in [-0.25, -0.2) is 0 Å². The Hall–Kier alpha value is -3.07. The number of hydrogen-bond donors (Lipinski definition) is 0. The molecule has 0 N–H and O–H groups in total. The molecule has 0 amide bonds. The topological polar surface area (TPSA) is 31.2 Å². The van der Waals surface area contributed by atoms with Crippen LogP contribution < -0.4 is 4.74 Å². The van der Waals surface area contributed by atoms with Crippen LogP contribution in [0.3, 0.4) is 0 Å². The maximum absolute atomic E-state index is 12.4. The number of ketones is 1. The van der Waals surface area contributed by atoms with Gasteiger partial charge in [-0.15, -0.1) is 6.58 Å². The summed E-state index contributed by atoms with van der Waals surface area (Å²) in [6, 6.07) is 15.4. The molecule has 0 fully saturated rings. The van der Waals surface area contributed by atoms with Crippen LogP contribution in [-0.2, 0) is 6.54 Å². The molecule has 2 aromatic carbocycles. The molecular weight excluding hydrogens is 310 g/mol. The van der Waals surface area contributed by atoms with E-state index in [4.69, 9.17) is 4.74 Å². The van der Waals surface area contributed by atoms with Crippen LogP contribution in [0, 0.1) is 6.92 Å². The summed E-state index contributed by atoms with van der Waals surface area (Å²) in [4.78, 5) is 12.4. The largest absolute Gasteiger partial charge is 0.497 e. The Bertz CT molecular complexity index is 946. The van der Waals surface area contributed by atoms with Gasteiger partial charge in [0.2, 0.25) is 0 Å². The molecule has 0 saturated carbocycles. The molecule has 1 aromatic heterocycles. The van der Waals surface area contributed by atoms with Crippen LogP contribution in [0.5, 0.6) is 5.75 Å². The van der Waals surface area contributed by atoms with E-state index in [2.05, 4.69) is 30.2 Å². The van der Waals surface area contributed by atoms with Crippen molar-refractivity contribution in [2.75, 3.05) is 7.11 Å². The molecule has 1 heterocycles. The predicted molar refractivity (Wildman–Crippen MR) is 103 cm³/mol. The smallest absolute Gasteiger partial charge is 0.185 e. The van der Waals surface area contributed by atoms with E-state index in [9.17, 15) is 4.79 Å². The van der Waals surface area contributed by atoms with Crippen LogP contribution in [0.1, 0.15) is 21.6 Å². The Labute approximate surface area is 147 Å². The average molecular weight is 331 g/mol. The lowest BCUT2D eigenvalue weighted by Gasteiger charge is -2.04. The molecule has 3 nitrogen and oxygen atoms in total. The molecule has 126 valence electrons. The van der Waals surface area contributed by atoms with Crippen LogP contribution in [0.25, 0.3) is 17.0 Å². The highest BCUT2D eigenvalue weighted by molar-refractivity contribution is 6.08. The highest BCUT2D eigenvalue weighted by atomic mass is 16.5. The first-order valence-corrected chi connectivity index (χ1v) is 8.21. The van der Waals surface area contributed by atoms with Gasteiger partial charge < -0.3 is 9.30 Å². The molecule has 3 heteroatoms. The second-order valence-electron chi connectivity index (χ2n) is 5.84. The first-order valence-electron chi connectivity index (χ1n) is 8.21. The van der Waals surface area contributed by atoms with Crippen molar-refractivity contribution < 1.29 is 9.53 Å². The molecule has 3 rings (SSSR count). The monoisotopic (exact) mass is 331 g/mol. The minimum absolute atomic E-state index is 0.0254. The molecule has 0 saturated heterocycles. The third-order valence-corrected chi connectivity index (χ3v) is 4.37. The van der Waals surface area contributed by atoms with E-state index in [0.29, 0.717) is 5.56 Å². The SMILES string of the molecule is C=CCn1c(C)c(/C=C/C(=O)c2ccc(OC)cc2)c2ccccc21. The maximum atomic E-state index is 12.4. The Morgan fingerprint density at radius 1 is 1.16 bits per heavy atom. The minimum Gasteiger partial charge on any atom is -0.497 e. The third-order valence-electron chi connectivity index (χ3n) is 4.37. The zero-order valence-electron chi connectivity index (χ0n) is 14.5. The van der Waals surface area contributed by atoms with Crippen molar-refractivity contribution in [3.8, 4) is 5.75 Å². The fraction of sp³-hybridized carbons (Fsp3) is 0.136. The first-order chi connectivity index (χ1) is 12.2. The summed E-state index contributed by atoms with van der Waals surface area (Å²) in [6.07, 6.45) is 5.42. The Balaban J connectivity index is 1.96. The van der Waals surface area contributed by atoms with Crippen molar-refractivity contribution in [1.29, 1.82) is 0 Å². The van der Waals surface area contributed by atoms with Gasteiger partial charge in [-0.2, -0.15) is 0 Å². The fourth-order valence-corrected chi connectivity index (χ4v) is 3.04. The van der Waals surface area contributed by atoms with E-state index < -0.39 is 0 Å². The second kappa shape index (κ2) is 7.22. The number of methoxy groups -OCH3 is 1. The fourth-order valence-electron chi connectivity index (χ4n) is 3.04. The summed E-state index contributed by atoms with van der Waals surface area (Å²) in [5.41, 5.74) is 3.99. The van der Waals surface area contributed by atoms with E-state index in [1.54, 1.807) is 37.5 Å². The molecule has 0 spiro atoms. The number of allylic oxidation sites excluding steroid dienone is 2. The lowest BCUT2D eigenvalue weighted by molar-refractivity contribution is 0.104. The van der Waals surface area contributed by atoms with Gasteiger partial charge in [0.25, 0.3) is 0 Å². The molecule has 25 heavy (non-hydrogen) atoms. The predicted octanol–water partition coefficient (Wildman–Crippen LogP) is 5.04. The Morgan fingerprint density at radius 3 is 2.56 bits per heavy atom. The van der Waals surface area contributed by atoms with E-state index in [-0.39, 0.29) is 5.78 Å². The molecule has 0 atom stereocenters. The lowest BCUT2D eigenvalue weighted by Crippen LogP contribution is -1.97. The quantitative estimate of drug-likeness (QED) is 0.360. The standard InChI is InChI=1S/C22H21NO2/c1-4-15-23-16(2)19(20-7-5-6-8-21(20)23)13-14-22(24)17-9-11-18(25-3)12-10-17/h4-14H,1,15H2,2-3H3/b14-13+. The zero-order valence-corrected chi connectivity index (χ0v) is 14.5. The van der Waals surface area contributed by atoms with Crippen molar-refractivity contribution >= 4 is 22.8 Å². The number of ether oxygens (including phenoxy) is 1. The van der Waals surface area contributed by atoms with Crippen molar-refractivity contribution in [1.82, 2.24) is 4.57 Å². The van der Waals surface area contributed by atoms with Crippen LogP contribution in [0.4, 0.5) is 0 Å². The Morgan fingerprint density at radius 2 is 1.88 bits per heavy atom. The van der Waals surface area contributed by atoms with Gasteiger partial charge in [0.05, 0.1) is 7.11 Å². The van der Waals surface area contributed by atoms with Crippen LogP contribution in [0.15, 0.2) is 67.3 Å². The van der Waals surface area contributed by atoms with Gasteiger partial charge in [0.15, 0.2) is 5.78 Å². The molecule has 0 bridgehead atoms. The summed E-state index contributed by atoms with van der Waals surface area (Å²) in [6.45, 7) is 6.65. The van der Waals surface area contributed by atoms with E-state index in [1.807, 2.05) is 24.3 Å². The lowest BCUT2D eigenvalue weighted by atomic mass is 10.1. The summed E-state index contributed by atoms with van der Waals surface area (Å²) >= 11 is 0. The van der Waals surface area contributed by atoms with E-state index >= 15 is 0 Å². The minimum atomic E-state index is -0.0254. The normalized spacial score (nSPS) is 11.1. The third kappa shape index (κ3) is 3.26. The Kier molecular flexibility index (Phi) is 4.85. The number of hydrogen-bond acceptors (Lipinski definition) is 2. The summed E-state index contributed by atoms with van der Waals surface area (Å²) in [5.74, 6) is 0.714. The molecule has 3 aromatic rings. The number of carbonyl (C=O) groups is 1. The van der Waals surface area contributed by atoms with E-state index in [0.717, 1.165) is 34.5 Å². The highest BCUT2D eigenvalue weighted by Gasteiger charge is 2.11. The van der Waals surface area contributed by atoms with Crippen LogP contribution in [-0.4, -0.2) is 17.5 Å². The molecule has 0 aliphatic heterocycles. The molecule has 0 unspecified atom stereocenters. The van der Waals surface area contributed by atoms with Gasteiger partial charge >= 0.3 is 0 Å². The number of benzene rings is 2. The second-order valence-corrected chi connectivity index (χ2v) is 5.84. The summed E-state index contributed by atoms with van der Waals surface area (Å²) in [7, 11) is 1.61. The molecule has 0 aliphatic carbocycles. The van der Waals surface area contributed by atoms with E-state index in [1.165, 1.54) is 0 Å². The number of rotatable bonds is 6. The average Bonchev–Trinajstić information content (AvgIpc) is 2.92. The van der Waals surface area contributed by atoms with Crippen molar-refractivity contribution in [2.45, 2.75) is 13.5 Å². The molecule has 0 aliphatic rings. The van der Waals surface area contributed by atoms with Crippen LogP contribution >= 0.6 is 0 Å². The van der Waals surface area contributed by atoms with Gasteiger partial charge in [0, 0.05) is 34.3 Å². The zero-order chi connectivity index (χ0) is 17.8. The first kappa shape index (κ1) is 16.8. The van der Waals surface area contributed by atoms with Gasteiger partial charge in [-0.1, -0.05) is 24.3 Å². The molecular formula is C22H21NO2. The maximum Gasteiger partial charge on any atom is 0.185 e. The summed E-state index contributed by atoms with van der Waals surface area (Å²) in [5, 5.41) is 1.14. The molecule has 0 radical (unpaired) electrons. The number of para-hydroxylation sites is 1. The number of nitrogens with zero attached hydrogens (tertiary/aromatic N) is 1. The number of aromatic nitrogens is 1. The highest BCUT2D eigenvalue weighted by Crippen LogP contribution is 2.27. The van der Waals surface area contributed by atoms with Gasteiger partial charge in [-0.05, 0) is 49.4 Å². The summed E-state index contributed by atoms with van der Waals surface area (Å²) < 4.78 is 7.34. The number of carbonyl (C=O) groups excluding carboxylic acids is 1. The van der Waals surface area contributed by atoms with Crippen LogP contribution in [0.2, 0.25) is 0 Å². The van der Waals surface area contributed by atoms with Crippen molar-refractivity contribution in [2.24, 2.45) is 0 Å². The van der Waals surface area contributed by atoms with Gasteiger partial charge in [0.1, 0.15) is 5.75 Å². The van der Waals surface area contributed by atoms with Gasteiger partial charge in [-0.3, -0.25) is 4.79 Å². The van der Waals surface area contributed by atoms with Crippen molar-refractivity contribution in [3.05, 3.63) is 84.1 Å². The van der Waals surface area contributed by atoms with Crippen molar-refractivity contribution in [3.63, 3.8) is 0 Å². The number of fused-ring (bicyclic) bond motifs is 1.